The van der Waals surface area contributed by atoms with Gasteiger partial charge in [0.25, 0.3) is 0 Å². The molecule has 2 bridgehead atoms. The largest absolute Gasteiger partial charge is 0.265 e. The highest BCUT2D eigenvalue weighted by atomic mass is 16.7. The molecule has 2 aromatic carbocycles. The molecule has 2 nitrogen and oxygen atoms in total. The van der Waals surface area contributed by atoms with Crippen LogP contribution in [0.15, 0.2) is 54.6 Å². The van der Waals surface area contributed by atoms with Crippen LogP contribution in [0.25, 0.3) is 10.8 Å². The molecule has 5 rings (SSSR count). The van der Waals surface area contributed by atoms with Gasteiger partial charge in [0, 0.05) is 0 Å². The summed E-state index contributed by atoms with van der Waals surface area (Å²) >= 11 is 0. The Morgan fingerprint density at radius 1 is 0.944 bits per heavy atom. The van der Waals surface area contributed by atoms with Gasteiger partial charge in [-0.1, -0.05) is 42.5 Å². The predicted molar refractivity (Wildman–Crippen MR) is 73.5 cm³/mol. The van der Waals surface area contributed by atoms with Crippen LogP contribution in [0.1, 0.15) is 12.8 Å². The Labute approximate surface area is 106 Å². The summed E-state index contributed by atoms with van der Waals surface area (Å²) in [4.78, 5) is 5.97. The molecular formula is C16H15NO. The van der Waals surface area contributed by atoms with Crippen LogP contribution in [0.5, 0.6) is 0 Å². The highest BCUT2D eigenvalue weighted by molar-refractivity contribution is 5.85. The fourth-order valence-electron chi connectivity index (χ4n) is 2.85. The molecule has 1 saturated heterocycles. The molecule has 1 fully saturated rings. The summed E-state index contributed by atoms with van der Waals surface area (Å²) in [6.45, 7) is 0. The highest BCUT2D eigenvalue weighted by Crippen LogP contribution is 2.33. The van der Waals surface area contributed by atoms with Crippen LogP contribution < -0.4 is 5.06 Å². The highest BCUT2D eigenvalue weighted by Gasteiger charge is 2.31. The summed E-state index contributed by atoms with van der Waals surface area (Å²) in [5.74, 6) is 0. The first-order valence-electron chi connectivity index (χ1n) is 6.53. The van der Waals surface area contributed by atoms with E-state index in [1.54, 1.807) is 0 Å². The van der Waals surface area contributed by atoms with E-state index in [1.807, 2.05) is 0 Å². The third kappa shape index (κ3) is 1.53. The van der Waals surface area contributed by atoms with Gasteiger partial charge in [0.15, 0.2) is 0 Å². The molecule has 18 heavy (non-hydrogen) atoms. The van der Waals surface area contributed by atoms with Crippen LogP contribution in [-0.2, 0) is 4.84 Å². The monoisotopic (exact) mass is 237 g/mol. The molecule has 0 radical (unpaired) electrons. The number of fused-ring (bicyclic) bond motifs is 3. The standard InChI is InChI=1S/C16H15NO/c1-2-4-13-11-15(6-5-12(13)3-1)17-14-7-9-16(18-17)10-8-14/h1-7,9,11,14,16H,8,10H2. The van der Waals surface area contributed by atoms with Crippen molar-refractivity contribution >= 4 is 16.5 Å². The van der Waals surface area contributed by atoms with Crippen molar-refractivity contribution in [2.45, 2.75) is 25.0 Å². The first-order chi connectivity index (χ1) is 8.90. The number of benzene rings is 2. The zero-order chi connectivity index (χ0) is 11.9. The van der Waals surface area contributed by atoms with Gasteiger partial charge in [0.2, 0.25) is 0 Å². The lowest BCUT2D eigenvalue weighted by Gasteiger charge is -2.41. The van der Waals surface area contributed by atoms with Crippen molar-refractivity contribution in [3.05, 3.63) is 54.6 Å². The summed E-state index contributed by atoms with van der Waals surface area (Å²) in [7, 11) is 0. The molecule has 2 aliphatic heterocycles. The SMILES string of the molecule is C1=CC2CCC1ON2c1ccc2ccccc2c1. The quantitative estimate of drug-likeness (QED) is 0.701. The van der Waals surface area contributed by atoms with E-state index in [0.29, 0.717) is 6.04 Å². The molecule has 2 unspecified atom stereocenters. The normalized spacial score (nSPS) is 25.9. The van der Waals surface area contributed by atoms with Crippen molar-refractivity contribution in [2.24, 2.45) is 0 Å². The maximum atomic E-state index is 5.97. The second-order valence-corrected chi connectivity index (χ2v) is 5.03. The molecule has 3 aliphatic rings. The average molecular weight is 237 g/mol. The molecule has 0 spiro atoms. The van der Waals surface area contributed by atoms with Crippen molar-refractivity contribution < 1.29 is 4.84 Å². The zero-order valence-corrected chi connectivity index (χ0v) is 10.1. The Balaban J connectivity index is 1.77. The van der Waals surface area contributed by atoms with Gasteiger partial charge in [0.1, 0.15) is 6.10 Å². The average Bonchev–Trinajstić information content (AvgIpc) is 2.48. The van der Waals surface area contributed by atoms with Crippen molar-refractivity contribution in [1.82, 2.24) is 0 Å². The summed E-state index contributed by atoms with van der Waals surface area (Å²) in [5, 5.41) is 4.61. The van der Waals surface area contributed by atoms with E-state index in [2.05, 4.69) is 59.7 Å². The number of hydroxylamine groups is 1. The van der Waals surface area contributed by atoms with Gasteiger partial charge in [-0.2, -0.15) is 0 Å². The Bertz CT molecular complexity index is 619. The van der Waals surface area contributed by atoms with E-state index in [1.165, 1.54) is 17.2 Å². The fraction of sp³-hybridized carbons (Fsp3) is 0.250. The lowest BCUT2D eigenvalue weighted by atomic mass is 9.97. The van der Waals surface area contributed by atoms with Gasteiger partial charge in [-0.3, -0.25) is 4.84 Å². The molecule has 0 aromatic heterocycles. The van der Waals surface area contributed by atoms with Gasteiger partial charge in [-0.05, 0) is 35.7 Å². The Kier molecular flexibility index (Phi) is 2.17. The van der Waals surface area contributed by atoms with E-state index >= 15 is 0 Å². The zero-order valence-electron chi connectivity index (χ0n) is 10.1. The number of hydrogen-bond acceptors (Lipinski definition) is 2. The van der Waals surface area contributed by atoms with Gasteiger partial charge in [0.05, 0.1) is 11.7 Å². The van der Waals surface area contributed by atoms with Crippen LogP contribution in [0, 0.1) is 0 Å². The maximum Gasteiger partial charge on any atom is 0.104 e. The van der Waals surface area contributed by atoms with E-state index in [9.17, 15) is 0 Å². The second-order valence-electron chi connectivity index (χ2n) is 5.03. The molecule has 0 saturated carbocycles. The summed E-state index contributed by atoms with van der Waals surface area (Å²) in [6.07, 6.45) is 7.05. The minimum Gasteiger partial charge on any atom is -0.265 e. The molecule has 2 heteroatoms. The number of hydrogen-bond donors (Lipinski definition) is 0. The van der Waals surface area contributed by atoms with Crippen LogP contribution in [0.3, 0.4) is 0 Å². The van der Waals surface area contributed by atoms with Crippen LogP contribution in [-0.4, -0.2) is 12.1 Å². The number of anilines is 1. The first kappa shape index (κ1) is 10.2. The van der Waals surface area contributed by atoms with Gasteiger partial charge >= 0.3 is 0 Å². The first-order valence-corrected chi connectivity index (χ1v) is 6.53. The third-order valence-corrected chi connectivity index (χ3v) is 3.83. The lowest BCUT2D eigenvalue weighted by molar-refractivity contribution is 0.00357. The van der Waals surface area contributed by atoms with Crippen molar-refractivity contribution in [2.75, 3.05) is 5.06 Å². The molecule has 0 amide bonds. The predicted octanol–water partition coefficient (Wildman–Crippen LogP) is 3.68. The summed E-state index contributed by atoms with van der Waals surface area (Å²) in [5.41, 5.74) is 1.16. The molecule has 1 aliphatic carbocycles. The Morgan fingerprint density at radius 2 is 1.83 bits per heavy atom. The summed E-state index contributed by atoms with van der Waals surface area (Å²) in [6, 6.07) is 15.4. The molecule has 2 heterocycles. The minimum absolute atomic E-state index is 0.265. The van der Waals surface area contributed by atoms with Crippen molar-refractivity contribution in [3.63, 3.8) is 0 Å². The second kappa shape index (κ2) is 3.85. The van der Waals surface area contributed by atoms with E-state index in [0.717, 1.165) is 12.1 Å². The number of nitrogens with zero attached hydrogens (tertiary/aromatic N) is 1. The number of rotatable bonds is 1. The fourth-order valence-corrected chi connectivity index (χ4v) is 2.85. The van der Waals surface area contributed by atoms with E-state index < -0.39 is 0 Å². The van der Waals surface area contributed by atoms with Gasteiger partial charge in [-0.25, -0.2) is 5.06 Å². The van der Waals surface area contributed by atoms with Crippen molar-refractivity contribution in [3.8, 4) is 0 Å². The molecule has 0 N–H and O–H groups in total. The molecule has 2 aromatic rings. The van der Waals surface area contributed by atoms with E-state index in [4.69, 9.17) is 4.84 Å². The van der Waals surface area contributed by atoms with Crippen LogP contribution >= 0.6 is 0 Å². The van der Waals surface area contributed by atoms with Crippen LogP contribution in [0.2, 0.25) is 0 Å². The Hall–Kier alpha value is -1.80. The molecule has 2 atom stereocenters. The lowest BCUT2D eigenvalue weighted by Crippen LogP contribution is -2.45. The Morgan fingerprint density at radius 3 is 2.56 bits per heavy atom. The smallest absolute Gasteiger partial charge is 0.104 e. The van der Waals surface area contributed by atoms with Crippen molar-refractivity contribution in [1.29, 1.82) is 0 Å². The van der Waals surface area contributed by atoms with E-state index in [-0.39, 0.29) is 6.10 Å². The molecule has 90 valence electrons. The van der Waals surface area contributed by atoms with Gasteiger partial charge < -0.3 is 0 Å². The maximum absolute atomic E-state index is 5.97. The third-order valence-electron chi connectivity index (χ3n) is 3.83. The topological polar surface area (TPSA) is 12.5 Å². The minimum atomic E-state index is 0.265. The molecular weight excluding hydrogens is 222 g/mol. The summed E-state index contributed by atoms with van der Waals surface area (Å²) < 4.78 is 0. The van der Waals surface area contributed by atoms with Crippen LogP contribution in [0.4, 0.5) is 5.69 Å². The van der Waals surface area contributed by atoms with Gasteiger partial charge in [-0.15, -0.1) is 0 Å².